The summed E-state index contributed by atoms with van der Waals surface area (Å²) >= 11 is 0. The molecule has 21 heavy (non-hydrogen) atoms. The van der Waals surface area contributed by atoms with E-state index in [1.54, 1.807) is 0 Å². The molecule has 114 valence electrons. The molecule has 0 saturated carbocycles. The molecule has 0 aliphatic carbocycles. The van der Waals surface area contributed by atoms with Gasteiger partial charge in [-0.05, 0) is 38.2 Å². The van der Waals surface area contributed by atoms with E-state index in [1.807, 2.05) is 42.2 Å². The van der Waals surface area contributed by atoms with Crippen molar-refractivity contribution in [2.45, 2.75) is 63.5 Å². The third-order valence-corrected chi connectivity index (χ3v) is 4.65. The number of carbonyl (C=O) groups excluding carboxylic acids is 1. The molecule has 2 heterocycles. The molecule has 2 bridgehead atoms. The normalized spacial score (nSPS) is 29.4. The van der Waals surface area contributed by atoms with Crippen LogP contribution in [0.4, 0.5) is 0 Å². The lowest BCUT2D eigenvalue weighted by atomic mass is 9.99. The van der Waals surface area contributed by atoms with E-state index >= 15 is 0 Å². The second-order valence-electron chi connectivity index (χ2n) is 6.19. The van der Waals surface area contributed by atoms with Crippen LogP contribution in [0.3, 0.4) is 0 Å². The highest BCUT2D eigenvalue weighted by molar-refractivity contribution is 5.81. The molecule has 4 heteroatoms. The topological polar surface area (TPSA) is 49.8 Å². The van der Waals surface area contributed by atoms with Gasteiger partial charge in [-0.3, -0.25) is 4.79 Å². The monoisotopic (exact) mass is 289 g/mol. The number of aliphatic hydroxyl groups excluding tert-OH is 1. The van der Waals surface area contributed by atoms with E-state index < -0.39 is 6.10 Å². The number of fused-ring (bicyclic) bond motifs is 2. The number of aliphatic hydroxyl groups is 1. The summed E-state index contributed by atoms with van der Waals surface area (Å²) in [6.07, 6.45) is 2.79. The van der Waals surface area contributed by atoms with Crippen molar-refractivity contribution in [1.82, 2.24) is 4.90 Å². The Labute approximate surface area is 125 Å². The number of nitrogens with zero attached hydrogens (tertiary/aromatic N) is 1. The van der Waals surface area contributed by atoms with Crippen molar-refractivity contribution in [3.63, 3.8) is 0 Å². The first-order valence-corrected chi connectivity index (χ1v) is 7.81. The Morgan fingerprint density at radius 2 is 1.90 bits per heavy atom. The van der Waals surface area contributed by atoms with Crippen molar-refractivity contribution in [3.05, 3.63) is 35.9 Å². The van der Waals surface area contributed by atoms with Gasteiger partial charge in [-0.1, -0.05) is 30.3 Å². The average molecular weight is 289 g/mol. The predicted molar refractivity (Wildman–Crippen MR) is 79.6 cm³/mol. The van der Waals surface area contributed by atoms with Gasteiger partial charge in [-0.15, -0.1) is 0 Å². The van der Waals surface area contributed by atoms with Gasteiger partial charge in [-0.25, -0.2) is 0 Å². The van der Waals surface area contributed by atoms with Gasteiger partial charge in [0.2, 0.25) is 0 Å². The molecule has 3 unspecified atom stereocenters. The Morgan fingerprint density at radius 3 is 2.52 bits per heavy atom. The highest BCUT2D eigenvalue weighted by Gasteiger charge is 2.43. The van der Waals surface area contributed by atoms with E-state index in [9.17, 15) is 9.90 Å². The lowest BCUT2D eigenvalue weighted by molar-refractivity contribution is -0.149. The summed E-state index contributed by atoms with van der Waals surface area (Å²) in [7, 11) is 0. The Kier molecular flexibility index (Phi) is 4.27. The molecule has 2 aliphatic rings. The number of hydrogen-bond acceptors (Lipinski definition) is 3. The molecule has 1 aromatic rings. The molecule has 3 atom stereocenters. The summed E-state index contributed by atoms with van der Waals surface area (Å²) in [5, 5.41) is 9.81. The minimum atomic E-state index is -0.427. The maximum atomic E-state index is 12.6. The fraction of sp³-hybridized carbons (Fsp3) is 0.588. The summed E-state index contributed by atoms with van der Waals surface area (Å²) in [6.45, 7) is 2.29. The average Bonchev–Trinajstić information content (AvgIpc) is 2.77. The largest absolute Gasteiger partial charge is 0.393 e. The quantitative estimate of drug-likeness (QED) is 0.923. The highest BCUT2D eigenvalue weighted by atomic mass is 16.5. The van der Waals surface area contributed by atoms with Crippen molar-refractivity contribution >= 4 is 5.91 Å². The molecule has 1 amide bonds. The number of ether oxygens (including phenoxy) is 1. The zero-order valence-corrected chi connectivity index (χ0v) is 12.4. The van der Waals surface area contributed by atoms with Crippen LogP contribution in [0.5, 0.6) is 0 Å². The van der Waals surface area contributed by atoms with Crippen molar-refractivity contribution in [1.29, 1.82) is 0 Å². The minimum Gasteiger partial charge on any atom is -0.393 e. The summed E-state index contributed by atoms with van der Waals surface area (Å²) < 4.78 is 5.74. The summed E-state index contributed by atoms with van der Waals surface area (Å²) in [6, 6.07) is 10.3. The van der Waals surface area contributed by atoms with Gasteiger partial charge >= 0.3 is 0 Å². The number of hydrogen-bond donors (Lipinski definition) is 1. The maximum absolute atomic E-state index is 12.6. The highest BCUT2D eigenvalue weighted by Crippen LogP contribution is 2.36. The Morgan fingerprint density at radius 1 is 1.29 bits per heavy atom. The lowest BCUT2D eigenvalue weighted by Crippen LogP contribution is -2.51. The third kappa shape index (κ3) is 3.11. The van der Waals surface area contributed by atoms with Gasteiger partial charge in [0, 0.05) is 12.1 Å². The van der Waals surface area contributed by atoms with Crippen LogP contribution in [0.2, 0.25) is 0 Å². The van der Waals surface area contributed by atoms with Crippen molar-refractivity contribution < 1.29 is 14.6 Å². The van der Waals surface area contributed by atoms with E-state index in [-0.39, 0.29) is 24.1 Å². The van der Waals surface area contributed by atoms with Crippen LogP contribution < -0.4 is 0 Å². The molecule has 1 N–H and O–H groups in total. The van der Waals surface area contributed by atoms with Gasteiger partial charge in [0.25, 0.3) is 5.91 Å². The van der Waals surface area contributed by atoms with Crippen molar-refractivity contribution in [3.8, 4) is 0 Å². The van der Waals surface area contributed by atoms with E-state index in [0.717, 1.165) is 18.4 Å². The molecule has 4 nitrogen and oxygen atoms in total. The second kappa shape index (κ2) is 6.16. The fourth-order valence-corrected chi connectivity index (χ4v) is 3.58. The first-order chi connectivity index (χ1) is 10.1. The smallest absolute Gasteiger partial charge is 0.251 e. The zero-order valence-electron chi connectivity index (χ0n) is 12.4. The molecule has 3 rings (SSSR count). The lowest BCUT2D eigenvalue weighted by Gasteiger charge is -2.38. The first-order valence-electron chi connectivity index (χ1n) is 7.81. The number of amides is 1. The van der Waals surface area contributed by atoms with E-state index in [1.165, 1.54) is 0 Å². The molecule has 0 spiro atoms. The summed E-state index contributed by atoms with van der Waals surface area (Å²) in [5.41, 5.74) is 1.08. The van der Waals surface area contributed by atoms with Crippen LogP contribution in [0.25, 0.3) is 0 Å². The SMILES string of the molecule is CC(OCc1ccccc1)C(=O)N1C2CCC1CC(O)C2. The maximum Gasteiger partial charge on any atom is 0.251 e. The summed E-state index contributed by atoms with van der Waals surface area (Å²) in [4.78, 5) is 14.6. The standard InChI is InChI=1S/C17H23NO3/c1-12(21-11-13-5-3-2-4-6-13)17(20)18-14-7-8-15(18)10-16(19)9-14/h2-6,12,14-16,19H,7-11H2,1H3. The van der Waals surface area contributed by atoms with Gasteiger partial charge in [0.05, 0.1) is 12.7 Å². The third-order valence-electron chi connectivity index (χ3n) is 4.65. The minimum absolute atomic E-state index is 0.0744. The van der Waals surface area contributed by atoms with Crippen LogP contribution in [-0.2, 0) is 16.1 Å². The first kappa shape index (κ1) is 14.5. The van der Waals surface area contributed by atoms with Gasteiger partial charge < -0.3 is 14.7 Å². The summed E-state index contributed by atoms with van der Waals surface area (Å²) in [5.74, 6) is 0.0744. The molecule has 2 aliphatic heterocycles. The van der Waals surface area contributed by atoms with E-state index in [0.29, 0.717) is 19.4 Å². The molecule has 2 fully saturated rings. The molecular formula is C17H23NO3. The van der Waals surface area contributed by atoms with Crippen molar-refractivity contribution in [2.24, 2.45) is 0 Å². The van der Waals surface area contributed by atoms with Gasteiger partial charge in [0.15, 0.2) is 0 Å². The second-order valence-corrected chi connectivity index (χ2v) is 6.19. The molecular weight excluding hydrogens is 266 g/mol. The molecule has 1 aromatic carbocycles. The van der Waals surface area contributed by atoms with Gasteiger partial charge in [-0.2, -0.15) is 0 Å². The van der Waals surface area contributed by atoms with Crippen LogP contribution in [0.15, 0.2) is 30.3 Å². The predicted octanol–water partition coefficient (Wildman–Crippen LogP) is 2.11. The van der Waals surface area contributed by atoms with Crippen LogP contribution in [-0.4, -0.2) is 40.2 Å². The number of carbonyl (C=O) groups is 1. The molecule has 0 radical (unpaired) electrons. The van der Waals surface area contributed by atoms with Crippen LogP contribution in [0, 0.1) is 0 Å². The molecule has 0 aromatic heterocycles. The number of benzene rings is 1. The van der Waals surface area contributed by atoms with E-state index in [2.05, 4.69) is 0 Å². The van der Waals surface area contributed by atoms with E-state index in [4.69, 9.17) is 4.74 Å². The number of rotatable bonds is 4. The van der Waals surface area contributed by atoms with Gasteiger partial charge in [0.1, 0.15) is 6.10 Å². The van der Waals surface area contributed by atoms with Crippen LogP contribution in [0.1, 0.15) is 38.2 Å². The molecule has 2 saturated heterocycles. The number of piperidine rings is 1. The van der Waals surface area contributed by atoms with Crippen LogP contribution >= 0.6 is 0 Å². The fourth-order valence-electron chi connectivity index (χ4n) is 3.58. The van der Waals surface area contributed by atoms with Crippen molar-refractivity contribution in [2.75, 3.05) is 0 Å². The Balaban J connectivity index is 1.58. The Bertz CT molecular complexity index is 476. The zero-order chi connectivity index (χ0) is 14.8. The Hall–Kier alpha value is -1.39.